The summed E-state index contributed by atoms with van der Waals surface area (Å²) in [6.45, 7) is 5.33. The highest BCUT2D eigenvalue weighted by Gasteiger charge is 2.15. The highest BCUT2D eigenvalue weighted by Crippen LogP contribution is 2.22. The molecule has 6 heteroatoms. The first-order valence-electron chi connectivity index (χ1n) is 7.14. The number of aromatic nitrogens is 1. The summed E-state index contributed by atoms with van der Waals surface area (Å²) in [5, 5.41) is 4.70. The van der Waals surface area contributed by atoms with Gasteiger partial charge in [-0.25, -0.2) is 5.43 Å². The normalized spacial score (nSPS) is 12.6. The highest BCUT2D eigenvalue weighted by molar-refractivity contribution is 6.30. The smallest absolute Gasteiger partial charge is 0.280 e. The third kappa shape index (κ3) is 4.79. The van der Waals surface area contributed by atoms with Gasteiger partial charge in [-0.1, -0.05) is 17.7 Å². The number of carbonyl (C=O) groups is 1. The zero-order valence-electron chi connectivity index (χ0n) is 13.2. The first-order valence-corrected chi connectivity index (χ1v) is 7.52. The van der Waals surface area contributed by atoms with Crippen LogP contribution in [0.4, 0.5) is 0 Å². The topological polar surface area (TPSA) is 63.6 Å². The maximum absolute atomic E-state index is 12.1. The molecule has 0 fully saturated rings. The minimum absolute atomic E-state index is 0.331. The van der Waals surface area contributed by atoms with Crippen LogP contribution in [-0.2, 0) is 4.79 Å². The van der Waals surface area contributed by atoms with Crippen molar-refractivity contribution < 1.29 is 9.53 Å². The van der Waals surface area contributed by atoms with E-state index in [1.54, 1.807) is 44.4 Å². The van der Waals surface area contributed by atoms with E-state index in [9.17, 15) is 4.79 Å². The van der Waals surface area contributed by atoms with Gasteiger partial charge in [-0.05, 0) is 50.6 Å². The molecule has 1 atom stereocenters. The fraction of sp³-hybridized carbons (Fsp3) is 0.235. The number of nitrogens with zero attached hydrogens (tertiary/aromatic N) is 2. The quantitative estimate of drug-likeness (QED) is 0.675. The number of hydrazone groups is 1. The van der Waals surface area contributed by atoms with Crippen LogP contribution in [0, 0.1) is 6.92 Å². The number of aryl methyl sites for hydroxylation is 1. The van der Waals surface area contributed by atoms with Gasteiger partial charge in [-0.3, -0.25) is 9.78 Å². The number of amides is 1. The van der Waals surface area contributed by atoms with Crippen molar-refractivity contribution in [1.82, 2.24) is 10.4 Å². The largest absolute Gasteiger partial charge is 0.481 e. The lowest BCUT2D eigenvalue weighted by molar-refractivity contribution is -0.127. The lowest BCUT2D eigenvalue weighted by atomic mass is 10.2. The van der Waals surface area contributed by atoms with Crippen molar-refractivity contribution in [3.8, 4) is 5.75 Å². The number of carbonyl (C=O) groups excluding carboxylic acids is 1. The molecule has 1 aromatic heterocycles. The Morgan fingerprint density at radius 1 is 1.39 bits per heavy atom. The van der Waals surface area contributed by atoms with Crippen LogP contribution in [0.25, 0.3) is 0 Å². The third-order valence-electron chi connectivity index (χ3n) is 3.22. The number of hydrogen-bond donors (Lipinski definition) is 1. The molecule has 1 unspecified atom stereocenters. The molecule has 1 heterocycles. The molecular weight excluding hydrogens is 314 g/mol. The van der Waals surface area contributed by atoms with E-state index >= 15 is 0 Å². The van der Waals surface area contributed by atoms with E-state index in [-0.39, 0.29) is 5.91 Å². The molecule has 1 amide bonds. The Kier molecular flexibility index (Phi) is 5.71. The van der Waals surface area contributed by atoms with Gasteiger partial charge in [0, 0.05) is 23.0 Å². The summed E-state index contributed by atoms with van der Waals surface area (Å²) in [5.74, 6) is 0.285. The Balaban J connectivity index is 1.97. The molecule has 2 rings (SSSR count). The Labute approximate surface area is 140 Å². The molecule has 23 heavy (non-hydrogen) atoms. The Morgan fingerprint density at radius 3 is 2.83 bits per heavy atom. The van der Waals surface area contributed by atoms with Crippen molar-refractivity contribution >= 4 is 23.2 Å². The van der Waals surface area contributed by atoms with Gasteiger partial charge in [0.25, 0.3) is 5.91 Å². The zero-order valence-corrected chi connectivity index (χ0v) is 14.0. The minimum Gasteiger partial charge on any atom is -0.481 e. The van der Waals surface area contributed by atoms with Gasteiger partial charge in [0.1, 0.15) is 5.75 Å². The maximum atomic E-state index is 12.1. The fourth-order valence-electron chi connectivity index (χ4n) is 1.86. The highest BCUT2D eigenvalue weighted by atomic mass is 35.5. The molecule has 0 bridgehead atoms. The van der Waals surface area contributed by atoms with Crippen molar-refractivity contribution in [2.24, 2.45) is 5.10 Å². The van der Waals surface area contributed by atoms with Crippen LogP contribution in [-0.4, -0.2) is 22.7 Å². The maximum Gasteiger partial charge on any atom is 0.280 e. The van der Waals surface area contributed by atoms with Crippen LogP contribution in [0.1, 0.15) is 25.0 Å². The lowest BCUT2D eigenvalue weighted by Crippen LogP contribution is -2.34. The van der Waals surface area contributed by atoms with Crippen LogP contribution < -0.4 is 10.2 Å². The molecule has 1 aromatic carbocycles. The second kappa shape index (κ2) is 7.74. The summed E-state index contributed by atoms with van der Waals surface area (Å²) in [7, 11) is 0. The number of rotatable bonds is 5. The van der Waals surface area contributed by atoms with Crippen molar-refractivity contribution in [2.75, 3.05) is 0 Å². The Bertz CT molecular complexity index is 717. The van der Waals surface area contributed by atoms with E-state index in [4.69, 9.17) is 16.3 Å². The molecule has 120 valence electrons. The lowest BCUT2D eigenvalue weighted by Gasteiger charge is -2.15. The van der Waals surface area contributed by atoms with E-state index in [0.29, 0.717) is 16.5 Å². The monoisotopic (exact) mass is 331 g/mol. The molecule has 1 N–H and O–H groups in total. The number of hydrogen-bond acceptors (Lipinski definition) is 4. The number of nitrogens with one attached hydrogen (secondary N) is 1. The molecule has 0 aliphatic heterocycles. The summed E-state index contributed by atoms with van der Waals surface area (Å²) in [6.07, 6.45) is 2.68. The summed E-state index contributed by atoms with van der Waals surface area (Å²) in [4.78, 5) is 16.1. The summed E-state index contributed by atoms with van der Waals surface area (Å²) in [5.41, 5.74) is 4.88. The number of pyridine rings is 1. The standard InChI is InChI=1S/C17H18ClN3O2/c1-11-9-15(18)6-7-16(11)23-13(3)17(22)21-20-12(2)14-5-4-8-19-10-14/h4-10,13H,1-3H3,(H,21,22). The van der Waals surface area contributed by atoms with Gasteiger partial charge in [0.2, 0.25) is 0 Å². The second-order valence-electron chi connectivity index (χ2n) is 5.08. The van der Waals surface area contributed by atoms with Crippen LogP contribution in [0.2, 0.25) is 5.02 Å². The van der Waals surface area contributed by atoms with Gasteiger partial charge in [-0.15, -0.1) is 0 Å². The molecule has 0 spiro atoms. The molecular formula is C17H18ClN3O2. The van der Waals surface area contributed by atoms with Gasteiger partial charge < -0.3 is 4.74 Å². The number of benzene rings is 1. The van der Waals surface area contributed by atoms with Crippen molar-refractivity contribution in [3.05, 3.63) is 58.9 Å². The molecule has 0 aliphatic rings. The summed E-state index contributed by atoms with van der Waals surface area (Å²) in [6, 6.07) is 8.93. The van der Waals surface area contributed by atoms with Crippen molar-refractivity contribution in [2.45, 2.75) is 26.9 Å². The molecule has 0 saturated heterocycles. The van der Waals surface area contributed by atoms with Gasteiger partial charge in [0.05, 0.1) is 5.71 Å². The average molecular weight is 332 g/mol. The minimum atomic E-state index is -0.680. The molecule has 5 nitrogen and oxygen atoms in total. The van der Waals surface area contributed by atoms with E-state index < -0.39 is 6.10 Å². The summed E-state index contributed by atoms with van der Waals surface area (Å²) < 4.78 is 5.65. The number of ether oxygens (including phenoxy) is 1. The van der Waals surface area contributed by atoms with Crippen LogP contribution >= 0.6 is 11.6 Å². The van der Waals surface area contributed by atoms with Crippen molar-refractivity contribution in [1.29, 1.82) is 0 Å². The zero-order chi connectivity index (χ0) is 16.8. The molecule has 0 aliphatic carbocycles. The fourth-order valence-corrected chi connectivity index (χ4v) is 2.09. The molecule has 0 saturated carbocycles. The first kappa shape index (κ1) is 17.0. The number of halogens is 1. The second-order valence-corrected chi connectivity index (χ2v) is 5.52. The van der Waals surface area contributed by atoms with Crippen LogP contribution in [0.3, 0.4) is 0 Å². The predicted molar refractivity (Wildman–Crippen MR) is 90.9 cm³/mol. The predicted octanol–water partition coefficient (Wildman–Crippen LogP) is 3.35. The van der Waals surface area contributed by atoms with Gasteiger partial charge in [-0.2, -0.15) is 5.10 Å². The van der Waals surface area contributed by atoms with Crippen LogP contribution in [0.15, 0.2) is 47.8 Å². The third-order valence-corrected chi connectivity index (χ3v) is 3.46. The van der Waals surface area contributed by atoms with Gasteiger partial charge >= 0.3 is 0 Å². The Morgan fingerprint density at radius 2 is 2.17 bits per heavy atom. The average Bonchev–Trinajstić information content (AvgIpc) is 2.55. The first-order chi connectivity index (χ1) is 11.0. The van der Waals surface area contributed by atoms with E-state index in [1.165, 1.54) is 0 Å². The van der Waals surface area contributed by atoms with E-state index in [2.05, 4.69) is 15.5 Å². The van der Waals surface area contributed by atoms with Crippen LogP contribution in [0.5, 0.6) is 5.75 Å². The van der Waals surface area contributed by atoms with E-state index in [0.717, 1.165) is 11.1 Å². The molecule has 0 radical (unpaired) electrons. The van der Waals surface area contributed by atoms with Gasteiger partial charge in [0.15, 0.2) is 6.10 Å². The Hall–Kier alpha value is -2.40. The molecule has 2 aromatic rings. The summed E-state index contributed by atoms with van der Waals surface area (Å²) >= 11 is 5.90. The van der Waals surface area contributed by atoms with E-state index in [1.807, 2.05) is 19.1 Å². The SMILES string of the molecule is CC(=NNC(=O)C(C)Oc1ccc(Cl)cc1C)c1cccnc1. The van der Waals surface area contributed by atoms with Crippen molar-refractivity contribution in [3.63, 3.8) is 0 Å².